The second-order valence-corrected chi connectivity index (χ2v) is 16.2. The second kappa shape index (κ2) is 7.59. The molecule has 19 heavy (non-hydrogen) atoms. The van der Waals surface area contributed by atoms with Crippen molar-refractivity contribution < 1.29 is 13.6 Å². The van der Waals surface area contributed by atoms with Crippen molar-refractivity contribution in [3.8, 4) is 0 Å². The van der Waals surface area contributed by atoms with Crippen LogP contribution in [0.3, 0.4) is 0 Å². The zero-order chi connectivity index (χ0) is 15.3. The van der Waals surface area contributed by atoms with Gasteiger partial charge in [-0.05, 0) is 59.0 Å². The molecule has 0 aliphatic rings. The van der Waals surface area contributed by atoms with Crippen molar-refractivity contribution in [1.29, 1.82) is 0 Å². The van der Waals surface area contributed by atoms with Crippen LogP contribution in [0.1, 0.15) is 33.1 Å². The minimum Gasteiger partial charge on any atom is -0.520 e. The lowest BCUT2D eigenvalue weighted by atomic mass is 9.97. The van der Waals surface area contributed by atoms with E-state index in [2.05, 4.69) is 53.1 Å². The lowest BCUT2D eigenvalue weighted by Crippen LogP contribution is -2.36. The molecule has 5 heteroatoms. The van der Waals surface area contributed by atoms with E-state index in [0.717, 1.165) is 19.3 Å². The van der Waals surface area contributed by atoms with Gasteiger partial charge in [0.15, 0.2) is 8.32 Å². The van der Waals surface area contributed by atoms with Gasteiger partial charge in [0.05, 0.1) is 5.92 Å². The molecule has 0 N–H and O–H groups in total. The molecule has 0 aliphatic heterocycles. The van der Waals surface area contributed by atoms with Crippen molar-refractivity contribution in [2.45, 2.75) is 78.5 Å². The highest BCUT2D eigenvalue weighted by Gasteiger charge is 2.28. The van der Waals surface area contributed by atoms with Crippen LogP contribution in [0.15, 0.2) is 0 Å². The molecular weight excluding hydrogens is 272 g/mol. The summed E-state index contributed by atoms with van der Waals surface area (Å²) in [6.45, 7) is 16.9. The van der Waals surface area contributed by atoms with Crippen LogP contribution in [0.2, 0.25) is 39.3 Å². The van der Waals surface area contributed by atoms with Crippen LogP contribution in [0, 0.1) is 5.92 Å². The lowest BCUT2D eigenvalue weighted by molar-refractivity contribution is -0.140. The Morgan fingerprint density at radius 3 is 1.95 bits per heavy atom. The topological polar surface area (TPSA) is 35.5 Å². The summed E-state index contributed by atoms with van der Waals surface area (Å²) in [7, 11) is -3.33. The third kappa shape index (κ3) is 10.3. The molecule has 0 aromatic rings. The summed E-state index contributed by atoms with van der Waals surface area (Å²) in [4.78, 5) is 12.2. The number of carbonyl (C=O) groups excluding carboxylic acids is 1. The molecule has 0 bridgehead atoms. The molecule has 0 saturated heterocycles. The first-order valence-corrected chi connectivity index (χ1v) is 14.2. The largest absolute Gasteiger partial charge is 0.520 e. The monoisotopic (exact) mass is 304 g/mol. The number of hydrogen-bond donors (Lipinski definition) is 0. The summed E-state index contributed by atoms with van der Waals surface area (Å²) >= 11 is 0. The number of rotatable bonds is 8. The standard InChI is InChI=1S/C14H32O3Si2/c1-9-10-13(14(15)17-19(6,7)8)11-12(2)16-18(3,4)5/h12-13H,9-11H2,1-8H3. The molecule has 2 atom stereocenters. The molecule has 0 aliphatic carbocycles. The molecule has 2 unspecified atom stereocenters. The zero-order valence-electron chi connectivity index (χ0n) is 14.0. The number of hydrogen-bond acceptors (Lipinski definition) is 3. The van der Waals surface area contributed by atoms with Crippen molar-refractivity contribution in [3.63, 3.8) is 0 Å². The molecule has 0 aromatic carbocycles. The highest BCUT2D eigenvalue weighted by molar-refractivity contribution is 6.71. The van der Waals surface area contributed by atoms with Crippen LogP contribution in [-0.2, 0) is 13.6 Å². The van der Waals surface area contributed by atoms with Gasteiger partial charge in [-0.15, -0.1) is 0 Å². The summed E-state index contributed by atoms with van der Waals surface area (Å²) in [6.07, 6.45) is 2.81. The zero-order valence-corrected chi connectivity index (χ0v) is 16.0. The molecule has 0 fully saturated rings. The SMILES string of the molecule is CCCC(CC(C)O[Si](C)(C)C)C(=O)O[Si](C)(C)C. The van der Waals surface area contributed by atoms with Gasteiger partial charge in [-0.2, -0.15) is 0 Å². The quantitative estimate of drug-likeness (QED) is 0.623. The average molecular weight is 305 g/mol. The van der Waals surface area contributed by atoms with Gasteiger partial charge in [-0.3, -0.25) is 4.79 Å². The first kappa shape index (κ1) is 18.9. The van der Waals surface area contributed by atoms with E-state index in [4.69, 9.17) is 8.85 Å². The van der Waals surface area contributed by atoms with Crippen molar-refractivity contribution in [1.82, 2.24) is 0 Å². The Balaban J connectivity index is 4.52. The molecule has 0 rings (SSSR count). The van der Waals surface area contributed by atoms with Crippen LogP contribution in [0.25, 0.3) is 0 Å². The highest BCUT2D eigenvalue weighted by Crippen LogP contribution is 2.21. The van der Waals surface area contributed by atoms with E-state index in [1.165, 1.54) is 0 Å². The maximum absolute atomic E-state index is 12.2. The minimum atomic E-state index is -1.79. The molecule has 114 valence electrons. The molecule has 0 spiro atoms. The van der Waals surface area contributed by atoms with Crippen LogP contribution in [0.4, 0.5) is 0 Å². The third-order valence-corrected chi connectivity index (χ3v) is 4.47. The van der Waals surface area contributed by atoms with E-state index >= 15 is 0 Å². The van der Waals surface area contributed by atoms with Gasteiger partial charge in [0.2, 0.25) is 8.32 Å². The maximum Gasteiger partial charge on any atom is 0.295 e. The molecule has 0 heterocycles. The Bertz CT molecular complexity index is 279. The molecule has 0 radical (unpaired) electrons. The maximum atomic E-state index is 12.2. The molecule has 0 saturated carbocycles. The van der Waals surface area contributed by atoms with Gasteiger partial charge < -0.3 is 8.85 Å². The average Bonchev–Trinajstić information content (AvgIpc) is 2.10. The predicted molar refractivity (Wildman–Crippen MR) is 86.3 cm³/mol. The van der Waals surface area contributed by atoms with Crippen molar-refractivity contribution in [3.05, 3.63) is 0 Å². The Morgan fingerprint density at radius 1 is 1.05 bits per heavy atom. The van der Waals surface area contributed by atoms with Gasteiger partial charge >= 0.3 is 0 Å². The first-order valence-electron chi connectivity index (χ1n) is 7.35. The fourth-order valence-corrected chi connectivity index (χ4v) is 4.19. The van der Waals surface area contributed by atoms with E-state index in [-0.39, 0.29) is 18.0 Å². The Morgan fingerprint density at radius 2 is 1.58 bits per heavy atom. The predicted octanol–water partition coefficient (Wildman–Crippen LogP) is 4.41. The van der Waals surface area contributed by atoms with Crippen LogP contribution >= 0.6 is 0 Å². The normalized spacial score (nSPS) is 16.0. The lowest BCUT2D eigenvalue weighted by Gasteiger charge is -2.28. The molecule has 3 nitrogen and oxygen atoms in total. The van der Waals surface area contributed by atoms with Crippen LogP contribution in [0.5, 0.6) is 0 Å². The summed E-state index contributed by atoms with van der Waals surface area (Å²) in [6, 6.07) is 0. The van der Waals surface area contributed by atoms with E-state index in [1.807, 2.05) is 0 Å². The van der Waals surface area contributed by atoms with Crippen molar-refractivity contribution in [2.24, 2.45) is 5.92 Å². The second-order valence-electron chi connectivity index (χ2n) is 7.30. The first-order chi connectivity index (χ1) is 8.44. The van der Waals surface area contributed by atoms with Gasteiger partial charge in [0.1, 0.15) is 0 Å². The highest BCUT2D eigenvalue weighted by atomic mass is 28.4. The van der Waals surface area contributed by atoms with E-state index in [0.29, 0.717) is 0 Å². The summed E-state index contributed by atoms with van der Waals surface area (Å²) in [5.41, 5.74) is 0. The summed E-state index contributed by atoms with van der Waals surface area (Å²) < 4.78 is 11.7. The number of carbonyl (C=O) groups is 1. The summed E-state index contributed by atoms with van der Waals surface area (Å²) in [5.74, 6) is -0.0323. The van der Waals surface area contributed by atoms with Crippen LogP contribution in [-0.4, -0.2) is 28.7 Å². The minimum absolute atomic E-state index is 0.0110. The van der Waals surface area contributed by atoms with E-state index in [9.17, 15) is 4.79 Å². The van der Waals surface area contributed by atoms with E-state index in [1.54, 1.807) is 0 Å². The Labute approximate surface area is 121 Å². The summed E-state index contributed by atoms with van der Waals surface area (Å²) in [5, 5.41) is 0. The third-order valence-electron chi connectivity index (χ3n) is 2.55. The molecular formula is C14H32O3Si2. The van der Waals surface area contributed by atoms with E-state index < -0.39 is 16.6 Å². The van der Waals surface area contributed by atoms with Crippen molar-refractivity contribution >= 4 is 22.6 Å². The van der Waals surface area contributed by atoms with Gasteiger partial charge in [-0.25, -0.2) is 0 Å². The van der Waals surface area contributed by atoms with Gasteiger partial charge in [0.25, 0.3) is 5.97 Å². The fourth-order valence-electron chi connectivity index (χ4n) is 2.12. The Hall–Kier alpha value is -0.136. The Kier molecular flexibility index (Phi) is 7.54. The fraction of sp³-hybridized carbons (Fsp3) is 0.929. The van der Waals surface area contributed by atoms with Gasteiger partial charge in [-0.1, -0.05) is 13.3 Å². The van der Waals surface area contributed by atoms with Gasteiger partial charge in [0, 0.05) is 6.10 Å². The van der Waals surface area contributed by atoms with Crippen molar-refractivity contribution in [2.75, 3.05) is 0 Å². The molecule has 0 amide bonds. The molecule has 0 aromatic heterocycles. The smallest absolute Gasteiger partial charge is 0.295 e. The van der Waals surface area contributed by atoms with Crippen LogP contribution < -0.4 is 0 Å².